The van der Waals surface area contributed by atoms with Crippen molar-refractivity contribution in [2.24, 2.45) is 11.8 Å². The number of amides is 2. The molecule has 3 aliphatic rings. The first-order chi connectivity index (χ1) is 7.25. The first-order valence-corrected chi connectivity index (χ1v) is 5.19. The summed E-state index contributed by atoms with van der Waals surface area (Å²) in [6.07, 6.45) is 9.81. The van der Waals surface area contributed by atoms with E-state index < -0.39 is 0 Å². The summed E-state index contributed by atoms with van der Waals surface area (Å²) in [5.41, 5.74) is 1.84. The number of fused-ring (bicyclic) bond motifs is 2. The lowest BCUT2D eigenvalue weighted by Crippen LogP contribution is -2.24. The molecule has 0 saturated carbocycles. The highest BCUT2D eigenvalue weighted by atomic mass is 16.2. The molecule has 3 nitrogen and oxygen atoms in total. The standard InChI is InChI=1S/C12H11NO2/c14-11-9-5-7-3-1-2-4-8(7)6-10(9)12(15)13-11/h1-3,5,8,10H,4,6H2,(H,13,14,15). The van der Waals surface area contributed by atoms with Gasteiger partial charge in [0.1, 0.15) is 0 Å². The second kappa shape index (κ2) is 2.92. The number of hydrogen-bond acceptors (Lipinski definition) is 2. The van der Waals surface area contributed by atoms with Crippen LogP contribution in [0.15, 0.2) is 35.5 Å². The van der Waals surface area contributed by atoms with E-state index in [1.165, 1.54) is 5.57 Å². The van der Waals surface area contributed by atoms with Gasteiger partial charge in [0, 0.05) is 5.57 Å². The van der Waals surface area contributed by atoms with Gasteiger partial charge in [-0.1, -0.05) is 18.2 Å². The SMILES string of the molecule is O=C1NC(=O)C2CC3CC=CC=C3C=C12. The summed E-state index contributed by atoms with van der Waals surface area (Å²) in [6.45, 7) is 0. The minimum absolute atomic E-state index is 0.125. The summed E-state index contributed by atoms with van der Waals surface area (Å²) in [5, 5.41) is 2.37. The molecule has 0 bridgehead atoms. The Morgan fingerprint density at radius 3 is 3.07 bits per heavy atom. The smallest absolute Gasteiger partial charge is 0.254 e. The molecule has 0 radical (unpaired) electrons. The molecule has 2 aliphatic carbocycles. The van der Waals surface area contributed by atoms with Crippen LogP contribution in [0.1, 0.15) is 12.8 Å². The van der Waals surface area contributed by atoms with Crippen LogP contribution >= 0.6 is 0 Å². The van der Waals surface area contributed by atoms with Crippen molar-refractivity contribution < 1.29 is 9.59 Å². The van der Waals surface area contributed by atoms with E-state index in [2.05, 4.69) is 11.4 Å². The van der Waals surface area contributed by atoms with Crippen molar-refractivity contribution in [3.05, 3.63) is 35.5 Å². The van der Waals surface area contributed by atoms with Crippen molar-refractivity contribution >= 4 is 11.8 Å². The number of carbonyl (C=O) groups is 2. The maximum Gasteiger partial charge on any atom is 0.254 e. The number of hydrogen-bond donors (Lipinski definition) is 1. The van der Waals surface area contributed by atoms with Crippen LogP contribution in [0.25, 0.3) is 0 Å². The highest BCUT2D eigenvalue weighted by Gasteiger charge is 2.40. The van der Waals surface area contributed by atoms with E-state index in [-0.39, 0.29) is 17.7 Å². The van der Waals surface area contributed by atoms with E-state index in [0.29, 0.717) is 11.5 Å². The lowest BCUT2D eigenvalue weighted by molar-refractivity contribution is -0.125. The Morgan fingerprint density at radius 2 is 2.20 bits per heavy atom. The summed E-state index contributed by atoms with van der Waals surface area (Å²) in [4.78, 5) is 22.9. The number of nitrogens with one attached hydrogen (secondary N) is 1. The molecule has 1 fully saturated rings. The van der Waals surface area contributed by atoms with Gasteiger partial charge in [-0.25, -0.2) is 0 Å². The molecule has 0 aromatic heterocycles. The van der Waals surface area contributed by atoms with Crippen LogP contribution < -0.4 is 5.32 Å². The maximum atomic E-state index is 11.5. The molecular formula is C12H11NO2. The van der Waals surface area contributed by atoms with Crippen LogP contribution in [0.5, 0.6) is 0 Å². The lowest BCUT2D eigenvalue weighted by atomic mass is 9.76. The van der Waals surface area contributed by atoms with Crippen molar-refractivity contribution in [1.82, 2.24) is 5.32 Å². The molecule has 1 aliphatic heterocycles. The second-order valence-electron chi connectivity index (χ2n) is 4.23. The highest BCUT2D eigenvalue weighted by molar-refractivity contribution is 6.15. The Bertz CT molecular complexity index is 443. The minimum atomic E-state index is -0.209. The van der Waals surface area contributed by atoms with Gasteiger partial charge in [-0.3, -0.25) is 14.9 Å². The molecule has 2 unspecified atom stereocenters. The van der Waals surface area contributed by atoms with Crippen molar-refractivity contribution in [2.75, 3.05) is 0 Å². The van der Waals surface area contributed by atoms with E-state index in [1.807, 2.05) is 18.2 Å². The van der Waals surface area contributed by atoms with Crippen LogP contribution in [0.4, 0.5) is 0 Å². The maximum absolute atomic E-state index is 11.5. The van der Waals surface area contributed by atoms with Gasteiger partial charge in [0.2, 0.25) is 5.91 Å². The third-order valence-electron chi connectivity index (χ3n) is 3.35. The van der Waals surface area contributed by atoms with Crippen LogP contribution in [0, 0.1) is 11.8 Å². The lowest BCUT2D eigenvalue weighted by Gasteiger charge is -2.26. The summed E-state index contributed by atoms with van der Waals surface area (Å²) in [7, 11) is 0. The molecule has 1 heterocycles. The van der Waals surface area contributed by atoms with Crippen LogP contribution in [0.2, 0.25) is 0 Å². The molecule has 0 aromatic carbocycles. The monoisotopic (exact) mass is 201 g/mol. The van der Waals surface area contributed by atoms with Gasteiger partial charge < -0.3 is 0 Å². The molecule has 3 heteroatoms. The first kappa shape index (κ1) is 8.65. The van der Waals surface area contributed by atoms with Gasteiger partial charge >= 0.3 is 0 Å². The fourth-order valence-corrected chi connectivity index (χ4v) is 2.53. The Kier molecular flexibility index (Phi) is 1.69. The van der Waals surface area contributed by atoms with Gasteiger partial charge in [-0.05, 0) is 30.4 Å². The fourth-order valence-electron chi connectivity index (χ4n) is 2.53. The number of imide groups is 1. The minimum Gasteiger partial charge on any atom is -0.292 e. The first-order valence-electron chi connectivity index (χ1n) is 5.19. The number of rotatable bonds is 0. The topological polar surface area (TPSA) is 46.2 Å². The van der Waals surface area contributed by atoms with E-state index in [4.69, 9.17) is 0 Å². The molecule has 76 valence electrons. The van der Waals surface area contributed by atoms with Gasteiger partial charge in [0.05, 0.1) is 5.92 Å². The number of carbonyl (C=O) groups excluding carboxylic acids is 2. The molecule has 3 rings (SSSR count). The van der Waals surface area contributed by atoms with Crippen LogP contribution in [-0.4, -0.2) is 11.8 Å². The molecule has 1 N–H and O–H groups in total. The molecule has 0 spiro atoms. The average molecular weight is 201 g/mol. The summed E-state index contributed by atoms with van der Waals surface area (Å²) >= 11 is 0. The molecule has 1 saturated heterocycles. The summed E-state index contributed by atoms with van der Waals surface area (Å²) in [6, 6.07) is 0. The van der Waals surface area contributed by atoms with Crippen LogP contribution in [-0.2, 0) is 9.59 Å². The van der Waals surface area contributed by atoms with E-state index in [0.717, 1.165) is 12.8 Å². The zero-order valence-corrected chi connectivity index (χ0v) is 8.19. The Morgan fingerprint density at radius 1 is 1.33 bits per heavy atom. The zero-order chi connectivity index (χ0) is 10.4. The molecule has 0 aromatic rings. The third kappa shape index (κ3) is 1.19. The van der Waals surface area contributed by atoms with E-state index >= 15 is 0 Å². The summed E-state index contributed by atoms with van der Waals surface area (Å²) in [5.74, 6) is -0.120. The van der Waals surface area contributed by atoms with Crippen LogP contribution in [0.3, 0.4) is 0 Å². The van der Waals surface area contributed by atoms with Gasteiger partial charge in [0.25, 0.3) is 5.91 Å². The average Bonchev–Trinajstić information content (AvgIpc) is 2.52. The van der Waals surface area contributed by atoms with E-state index in [1.54, 1.807) is 0 Å². The Hall–Kier alpha value is -1.64. The third-order valence-corrected chi connectivity index (χ3v) is 3.35. The predicted molar refractivity (Wildman–Crippen MR) is 54.7 cm³/mol. The fraction of sp³-hybridized carbons (Fsp3) is 0.333. The van der Waals surface area contributed by atoms with Crippen molar-refractivity contribution in [3.63, 3.8) is 0 Å². The van der Waals surface area contributed by atoms with Gasteiger partial charge in [-0.15, -0.1) is 0 Å². The Labute approximate surface area is 87.5 Å². The second-order valence-corrected chi connectivity index (χ2v) is 4.23. The van der Waals surface area contributed by atoms with Crippen molar-refractivity contribution in [2.45, 2.75) is 12.8 Å². The Balaban J connectivity index is 2.06. The van der Waals surface area contributed by atoms with E-state index in [9.17, 15) is 9.59 Å². The number of allylic oxidation sites excluding steroid dienone is 5. The van der Waals surface area contributed by atoms with Crippen molar-refractivity contribution in [1.29, 1.82) is 0 Å². The molecular weight excluding hydrogens is 190 g/mol. The molecule has 15 heavy (non-hydrogen) atoms. The molecule has 2 atom stereocenters. The molecule has 2 amide bonds. The zero-order valence-electron chi connectivity index (χ0n) is 8.19. The van der Waals surface area contributed by atoms with Crippen molar-refractivity contribution in [3.8, 4) is 0 Å². The summed E-state index contributed by atoms with van der Waals surface area (Å²) < 4.78 is 0. The normalized spacial score (nSPS) is 32.8. The predicted octanol–water partition coefficient (Wildman–Crippen LogP) is 1.09. The quantitative estimate of drug-likeness (QED) is 0.596. The van der Waals surface area contributed by atoms with Gasteiger partial charge in [0.15, 0.2) is 0 Å². The largest absolute Gasteiger partial charge is 0.292 e. The highest BCUT2D eigenvalue weighted by Crippen LogP contribution is 2.38. The van der Waals surface area contributed by atoms with Gasteiger partial charge in [-0.2, -0.15) is 0 Å².